The van der Waals surface area contributed by atoms with Crippen molar-refractivity contribution in [1.82, 2.24) is 0 Å². The number of nitrogens with zero attached hydrogens (tertiary/aromatic N) is 1. The fourth-order valence-electron chi connectivity index (χ4n) is 4.75. The zero-order valence-corrected chi connectivity index (χ0v) is 19.8. The number of rotatable bonds is 7. The molecule has 37 heavy (non-hydrogen) atoms. The van der Waals surface area contributed by atoms with Crippen LogP contribution in [-0.2, 0) is 14.3 Å². The van der Waals surface area contributed by atoms with Gasteiger partial charge in [-0.3, -0.25) is 19.3 Å². The fraction of sp³-hybridized carbons (Fsp3) is 0.250. The molecule has 9 heteroatoms. The summed E-state index contributed by atoms with van der Waals surface area (Å²) in [6.45, 7) is -0.514. The van der Waals surface area contributed by atoms with E-state index in [-0.39, 0.29) is 46.3 Å². The van der Waals surface area contributed by atoms with E-state index in [1.807, 2.05) is 0 Å². The van der Waals surface area contributed by atoms with Crippen LogP contribution >= 0.6 is 0 Å². The van der Waals surface area contributed by atoms with Crippen LogP contribution in [-0.4, -0.2) is 36.1 Å². The van der Waals surface area contributed by atoms with Crippen LogP contribution < -0.4 is 9.64 Å². The average Bonchev–Trinajstić information content (AvgIpc) is 3.55. The number of furan rings is 1. The van der Waals surface area contributed by atoms with Crippen molar-refractivity contribution in [2.45, 2.75) is 25.7 Å². The molecule has 2 unspecified atom stereocenters. The molecule has 0 radical (unpaired) electrons. The molecule has 2 atom stereocenters. The highest BCUT2D eigenvalue weighted by molar-refractivity contribution is 6.22. The number of esters is 2. The number of ketones is 1. The summed E-state index contributed by atoms with van der Waals surface area (Å²) < 4.78 is 15.3. The van der Waals surface area contributed by atoms with Gasteiger partial charge in [0.05, 0.1) is 29.3 Å². The van der Waals surface area contributed by atoms with Crippen LogP contribution in [0.15, 0.2) is 71.3 Å². The number of amides is 2. The molecule has 3 aromatic rings. The number of carbonyl (C=O) groups is 5. The van der Waals surface area contributed by atoms with Crippen LogP contribution in [0.5, 0.6) is 5.75 Å². The van der Waals surface area contributed by atoms with Crippen LogP contribution in [0.4, 0.5) is 5.69 Å². The van der Waals surface area contributed by atoms with Gasteiger partial charge in [-0.1, -0.05) is 18.9 Å². The van der Waals surface area contributed by atoms with Gasteiger partial charge in [-0.2, -0.15) is 0 Å². The largest absolute Gasteiger partial charge is 0.457 e. The summed E-state index contributed by atoms with van der Waals surface area (Å²) in [5.41, 5.74) is 0.709. The van der Waals surface area contributed by atoms with E-state index in [9.17, 15) is 24.0 Å². The first kappa shape index (κ1) is 24.2. The number of anilines is 1. The van der Waals surface area contributed by atoms with Gasteiger partial charge in [0.15, 0.2) is 12.4 Å². The molecule has 0 spiro atoms. The third-order valence-electron chi connectivity index (χ3n) is 6.62. The van der Waals surface area contributed by atoms with E-state index in [2.05, 4.69) is 0 Å². The maximum Gasteiger partial charge on any atom is 0.379 e. The smallest absolute Gasteiger partial charge is 0.379 e. The van der Waals surface area contributed by atoms with Crippen molar-refractivity contribution in [3.8, 4) is 5.75 Å². The number of hydrogen-bond donors (Lipinski definition) is 0. The minimum absolute atomic E-state index is 0.0490. The second-order valence-corrected chi connectivity index (χ2v) is 8.95. The summed E-state index contributed by atoms with van der Waals surface area (Å²) >= 11 is 0. The van der Waals surface area contributed by atoms with Gasteiger partial charge in [0.25, 0.3) is 0 Å². The van der Waals surface area contributed by atoms with E-state index < -0.39 is 24.3 Å². The predicted molar refractivity (Wildman–Crippen MR) is 129 cm³/mol. The lowest BCUT2D eigenvalue weighted by Crippen LogP contribution is -2.31. The molecule has 1 aliphatic heterocycles. The SMILES string of the molecule is O=C(COC(=O)c1cccc(N2C(=O)C3CCCCC3C2=O)c1)c1ccc(OC(=O)c2ccco2)cc1. The molecule has 9 nitrogen and oxygen atoms in total. The Morgan fingerprint density at radius 3 is 2.19 bits per heavy atom. The molecule has 0 N–H and O–H groups in total. The number of carbonyl (C=O) groups excluding carboxylic acids is 5. The van der Waals surface area contributed by atoms with Gasteiger partial charge >= 0.3 is 11.9 Å². The molecule has 2 aromatic carbocycles. The first-order valence-corrected chi connectivity index (χ1v) is 12.0. The standard InChI is InChI=1S/C28H23NO8/c30-23(17-10-12-20(13-11-17)37-28(34)24-9-4-14-35-24)16-36-27(33)18-5-3-6-19(15-18)29-25(31)21-7-1-2-8-22(21)26(29)32/h3-6,9-15,21-22H,1-2,7-8,16H2. The summed E-state index contributed by atoms with van der Waals surface area (Å²) in [4.78, 5) is 64.0. The van der Waals surface area contributed by atoms with Crippen molar-refractivity contribution < 1.29 is 37.9 Å². The molecule has 5 rings (SSSR count). The molecule has 1 aliphatic carbocycles. The lowest BCUT2D eigenvalue weighted by atomic mass is 9.81. The minimum Gasteiger partial charge on any atom is -0.457 e. The molecule has 2 amide bonds. The molecule has 1 saturated carbocycles. The Balaban J connectivity index is 1.19. The summed E-state index contributed by atoms with van der Waals surface area (Å²) in [7, 11) is 0. The topological polar surface area (TPSA) is 120 Å². The zero-order valence-electron chi connectivity index (χ0n) is 19.8. The van der Waals surface area contributed by atoms with Crippen LogP contribution in [0.3, 0.4) is 0 Å². The van der Waals surface area contributed by atoms with Gasteiger partial charge in [-0.15, -0.1) is 0 Å². The van der Waals surface area contributed by atoms with Gasteiger partial charge in [-0.25, -0.2) is 9.59 Å². The third-order valence-corrected chi connectivity index (χ3v) is 6.62. The summed E-state index contributed by atoms with van der Waals surface area (Å²) in [6, 6.07) is 14.9. The number of Topliss-reactive ketones (excluding diaryl/α,β-unsaturated/α-hetero) is 1. The van der Waals surface area contributed by atoms with E-state index in [1.54, 1.807) is 18.2 Å². The molecule has 0 bridgehead atoms. The lowest BCUT2D eigenvalue weighted by molar-refractivity contribution is -0.122. The van der Waals surface area contributed by atoms with E-state index in [0.29, 0.717) is 18.5 Å². The normalized spacial score (nSPS) is 18.9. The van der Waals surface area contributed by atoms with Crippen molar-refractivity contribution in [3.05, 3.63) is 83.8 Å². The van der Waals surface area contributed by atoms with Crippen molar-refractivity contribution in [3.63, 3.8) is 0 Å². The molecule has 1 saturated heterocycles. The van der Waals surface area contributed by atoms with Crippen molar-refractivity contribution in [2.24, 2.45) is 11.8 Å². The Labute approximate surface area is 212 Å². The highest BCUT2D eigenvalue weighted by Crippen LogP contribution is 2.40. The Kier molecular flexibility index (Phi) is 6.68. The first-order valence-electron chi connectivity index (χ1n) is 12.0. The van der Waals surface area contributed by atoms with Crippen LogP contribution in [0.1, 0.15) is 57.0 Å². The molecule has 1 aromatic heterocycles. The molecule has 2 heterocycles. The quantitative estimate of drug-likeness (QED) is 0.204. The number of fused-ring (bicyclic) bond motifs is 1. The maximum atomic E-state index is 12.9. The molecular formula is C28H23NO8. The monoisotopic (exact) mass is 501 g/mol. The highest BCUT2D eigenvalue weighted by atomic mass is 16.5. The Hall–Kier alpha value is -4.53. The highest BCUT2D eigenvalue weighted by Gasteiger charge is 2.48. The van der Waals surface area contributed by atoms with E-state index in [4.69, 9.17) is 13.9 Å². The van der Waals surface area contributed by atoms with Crippen molar-refractivity contribution in [2.75, 3.05) is 11.5 Å². The second kappa shape index (κ2) is 10.2. The Morgan fingerprint density at radius 1 is 0.838 bits per heavy atom. The van der Waals surface area contributed by atoms with Crippen molar-refractivity contribution >= 4 is 35.2 Å². The second-order valence-electron chi connectivity index (χ2n) is 8.95. The Bertz CT molecular complexity index is 1340. The lowest BCUT2D eigenvalue weighted by Gasteiger charge is -2.19. The number of imide groups is 1. The average molecular weight is 501 g/mol. The summed E-state index contributed by atoms with van der Waals surface area (Å²) in [5, 5.41) is 0. The van der Waals surface area contributed by atoms with Gasteiger partial charge in [0.1, 0.15) is 5.75 Å². The van der Waals surface area contributed by atoms with Crippen LogP contribution in [0.2, 0.25) is 0 Å². The zero-order chi connectivity index (χ0) is 25.9. The minimum atomic E-state index is -0.754. The van der Waals surface area contributed by atoms with Gasteiger partial charge in [0, 0.05) is 5.56 Å². The first-order chi connectivity index (χ1) is 17.9. The maximum absolute atomic E-state index is 12.9. The van der Waals surface area contributed by atoms with Crippen molar-refractivity contribution in [1.29, 1.82) is 0 Å². The Morgan fingerprint density at radius 2 is 1.54 bits per heavy atom. The number of benzene rings is 2. The number of ether oxygens (including phenoxy) is 2. The van der Waals surface area contributed by atoms with Crippen LogP contribution in [0.25, 0.3) is 0 Å². The van der Waals surface area contributed by atoms with Gasteiger partial charge in [0.2, 0.25) is 17.6 Å². The fourth-order valence-corrected chi connectivity index (χ4v) is 4.75. The predicted octanol–water partition coefficient (Wildman–Crippen LogP) is 4.22. The summed E-state index contributed by atoms with van der Waals surface area (Å²) in [5.74, 6) is -2.66. The van der Waals surface area contributed by atoms with E-state index in [1.165, 1.54) is 53.6 Å². The van der Waals surface area contributed by atoms with Gasteiger partial charge in [-0.05, 0) is 67.4 Å². The molecule has 2 aliphatic rings. The van der Waals surface area contributed by atoms with E-state index >= 15 is 0 Å². The molecular weight excluding hydrogens is 478 g/mol. The van der Waals surface area contributed by atoms with E-state index in [0.717, 1.165) is 12.8 Å². The molecule has 2 fully saturated rings. The number of hydrogen-bond acceptors (Lipinski definition) is 8. The van der Waals surface area contributed by atoms with Gasteiger partial charge < -0.3 is 13.9 Å². The third kappa shape index (κ3) is 4.93. The van der Waals surface area contributed by atoms with Crippen LogP contribution in [0, 0.1) is 11.8 Å². The molecule has 188 valence electrons. The summed E-state index contributed by atoms with van der Waals surface area (Å²) in [6.07, 6.45) is 4.60.